The van der Waals surface area contributed by atoms with Gasteiger partial charge in [-0.15, -0.1) is 0 Å². The van der Waals surface area contributed by atoms with Gasteiger partial charge in [0.05, 0.1) is 5.41 Å². The van der Waals surface area contributed by atoms with E-state index in [1.165, 1.54) is 6.92 Å². The summed E-state index contributed by atoms with van der Waals surface area (Å²) in [6, 6.07) is 0. The third kappa shape index (κ3) is 5.15. The van der Waals surface area contributed by atoms with E-state index in [-0.39, 0.29) is 0 Å². The second-order valence-electron chi connectivity index (χ2n) is 4.18. The van der Waals surface area contributed by atoms with Crippen molar-refractivity contribution in [2.75, 3.05) is 0 Å². The Morgan fingerprint density at radius 2 is 1.53 bits per heavy atom. The monoisotopic (exact) mass is 216 g/mol. The fraction of sp³-hybridized carbons (Fsp3) is 0.700. The zero-order valence-electron chi connectivity index (χ0n) is 9.62. The Morgan fingerprint density at radius 1 is 1.07 bits per heavy atom. The van der Waals surface area contributed by atoms with Crippen LogP contribution in [0.15, 0.2) is 0 Å². The summed E-state index contributed by atoms with van der Waals surface area (Å²) in [5.41, 5.74) is -0.670. The quantitative estimate of drug-likeness (QED) is 0.400. The van der Waals surface area contributed by atoms with Crippen LogP contribution in [-0.4, -0.2) is 24.0 Å². The summed E-state index contributed by atoms with van der Waals surface area (Å²) in [6.07, 6.45) is -1.05. The number of Topliss-reactive ketones (excluding diaryl/α,β-unsaturated/α-hetero) is 1. The Bertz CT molecular complexity index is 274. The first-order valence-corrected chi connectivity index (χ1v) is 4.57. The highest BCUT2D eigenvalue weighted by molar-refractivity contribution is 6.32. The molecule has 0 aliphatic heterocycles. The predicted molar refractivity (Wildman–Crippen MR) is 51.8 cm³/mol. The zero-order valence-corrected chi connectivity index (χ0v) is 9.62. The van der Waals surface area contributed by atoms with Crippen LogP contribution in [0.4, 0.5) is 0 Å². The van der Waals surface area contributed by atoms with Crippen molar-refractivity contribution in [3.8, 4) is 0 Å². The molecule has 86 valence electrons. The molecule has 0 aliphatic carbocycles. The number of carbonyl (C=O) groups is 3. The molecule has 0 fully saturated rings. The average molecular weight is 216 g/mol. The van der Waals surface area contributed by atoms with Gasteiger partial charge in [-0.2, -0.15) is 0 Å². The van der Waals surface area contributed by atoms with Gasteiger partial charge in [0.15, 0.2) is 0 Å². The molecule has 0 amide bonds. The summed E-state index contributed by atoms with van der Waals surface area (Å²) in [5, 5.41) is 0. The lowest BCUT2D eigenvalue weighted by molar-refractivity contribution is -0.191. The van der Waals surface area contributed by atoms with Gasteiger partial charge < -0.3 is 9.47 Å². The Hall–Kier alpha value is -1.39. The maximum Gasteiger partial charge on any atom is 0.377 e. The first-order chi connectivity index (χ1) is 6.64. The number of ether oxygens (including phenoxy) is 2. The molecule has 0 N–H and O–H groups in total. The molecule has 0 rings (SSSR count). The van der Waals surface area contributed by atoms with Crippen LogP contribution in [0, 0.1) is 5.41 Å². The molecule has 5 heteroatoms. The van der Waals surface area contributed by atoms with Gasteiger partial charge in [-0.3, -0.25) is 9.59 Å². The van der Waals surface area contributed by atoms with Gasteiger partial charge in [0.2, 0.25) is 12.1 Å². The number of ketones is 1. The molecule has 0 spiro atoms. The van der Waals surface area contributed by atoms with Gasteiger partial charge in [0.1, 0.15) is 0 Å². The normalized spacial score (nSPS) is 12.9. The third-order valence-electron chi connectivity index (χ3n) is 1.45. The van der Waals surface area contributed by atoms with E-state index >= 15 is 0 Å². The Labute approximate surface area is 88.7 Å². The van der Waals surface area contributed by atoms with Crippen molar-refractivity contribution in [1.29, 1.82) is 0 Å². The van der Waals surface area contributed by atoms with Crippen LogP contribution in [0.5, 0.6) is 0 Å². The Kier molecular flexibility index (Phi) is 4.45. The van der Waals surface area contributed by atoms with E-state index in [4.69, 9.17) is 4.74 Å². The largest absolute Gasteiger partial charge is 0.425 e. The summed E-state index contributed by atoms with van der Waals surface area (Å²) in [6.45, 7) is 7.49. The maximum atomic E-state index is 11.3. The number of hydrogen-bond acceptors (Lipinski definition) is 5. The minimum atomic E-state index is -1.05. The number of rotatable bonds is 3. The molecule has 0 aromatic rings. The highest BCUT2D eigenvalue weighted by Gasteiger charge is 2.26. The summed E-state index contributed by atoms with van der Waals surface area (Å²) in [4.78, 5) is 32.7. The predicted octanol–water partition coefficient (Wildman–Crippen LogP) is 1.05. The lowest BCUT2D eigenvalue weighted by Crippen LogP contribution is -2.30. The summed E-state index contributed by atoms with van der Waals surface area (Å²) < 4.78 is 9.35. The van der Waals surface area contributed by atoms with Gasteiger partial charge in [-0.1, -0.05) is 0 Å². The highest BCUT2D eigenvalue weighted by atomic mass is 16.7. The first kappa shape index (κ1) is 13.6. The second-order valence-corrected chi connectivity index (χ2v) is 4.18. The molecule has 1 atom stereocenters. The second kappa shape index (κ2) is 4.91. The lowest BCUT2D eigenvalue weighted by Gasteiger charge is -2.20. The molecule has 0 radical (unpaired) electrons. The molecular weight excluding hydrogens is 200 g/mol. The van der Waals surface area contributed by atoms with E-state index in [0.29, 0.717) is 0 Å². The van der Waals surface area contributed by atoms with Crippen molar-refractivity contribution in [3.05, 3.63) is 0 Å². The summed E-state index contributed by atoms with van der Waals surface area (Å²) in [7, 11) is 0. The van der Waals surface area contributed by atoms with Gasteiger partial charge in [-0.05, 0) is 20.8 Å². The smallest absolute Gasteiger partial charge is 0.377 e. The van der Waals surface area contributed by atoms with Crippen LogP contribution >= 0.6 is 0 Å². The summed E-state index contributed by atoms with van der Waals surface area (Å²) in [5.74, 6) is -2.23. The molecule has 0 saturated carbocycles. The van der Waals surface area contributed by atoms with Gasteiger partial charge in [0, 0.05) is 13.8 Å². The van der Waals surface area contributed by atoms with Gasteiger partial charge in [0.25, 0.3) is 0 Å². The fourth-order valence-electron chi connectivity index (χ4n) is 0.585. The van der Waals surface area contributed by atoms with Crippen molar-refractivity contribution in [1.82, 2.24) is 0 Å². The van der Waals surface area contributed by atoms with Crippen molar-refractivity contribution in [2.24, 2.45) is 5.41 Å². The number of hydrogen-bond donors (Lipinski definition) is 0. The van der Waals surface area contributed by atoms with E-state index in [1.807, 2.05) is 0 Å². The SMILES string of the molecule is CC(=O)C(=O)OC(C)OC(=O)C(C)(C)C. The first-order valence-electron chi connectivity index (χ1n) is 4.57. The molecule has 0 bridgehead atoms. The van der Waals surface area contributed by atoms with Crippen molar-refractivity contribution >= 4 is 17.7 Å². The van der Waals surface area contributed by atoms with Crippen molar-refractivity contribution in [2.45, 2.75) is 40.9 Å². The average Bonchev–Trinajstić information content (AvgIpc) is 2.01. The van der Waals surface area contributed by atoms with E-state index in [0.717, 1.165) is 6.92 Å². The molecule has 5 nitrogen and oxygen atoms in total. The third-order valence-corrected chi connectivity index (χ3v) is 1.45. The van der Waals surface area contributed by atoms with Crippen molar-refractivity contribution < 1.29 is 23.9 Å². The lowest BCUT2D eigenvalue weighted by atomic mass is 9.97. The molecule has 0 aliphatic rings. The van der Waals surface area contributed by atoms with Crippen LogP contribution in [0.25, 0.3) is 0 Å². The zero-order chi connectivity index (χ0) is 12.2. The van der Waals surface area contributed by atoms with Gasteiger partial charge >= 0.3 is 11.9 Å². The van der Waals surface area contributed by atoms with Crippen LogP contribution < -0.4 is 0 Å². The van der Waals surface area contributed by atoms with Crippen LogP contribution in [0.1, 0.15) is 34.6 Å². The Morgan fingerprint density at radius 3 is 1.87 bits per heavy atom. The molecule has 0 heterocycles. The number of esters is 2. The van der Waals surface area contributed by atoms with Crippen molar-refractivity contribution in [3.63, 3.8) is 0 Å². The number of carbonyl (C=O) groups excluding carboxylic acids is 3. The molecular formula is C10H16O5. The maximum absolute atomic E-state index is 11.3. The Balaban J connectivity index is 4.16. The molecule has 0 aromatic carbocycles. The minimum Gasteiger partial charge on any atom is -0.425 e. The molecule has 0 aromatic heterocycles. The van der Waals surface area contributed by atoms with E-state index < -0.39 is 29.4 Å². The molecule has 15 heavy (non-hydrogen) atoms. The fourth-order valence-corrected chi connectivity index (χ4v) is 0.585. The van der Waals surface area contributed by atoms with E-state index in [1.54, 1.807) is 20.8 Å². The standard InChI is InChI=1S/C10H16O5/c1-6(11)8(12)14-7(2)15-9(13)10(3,4)5/h7H,1-5H3. The van der Waals surface area contributed by atoms with Crippen LogP contribution in [-0.2, 0) is 23.9 Å². The van der Waals surface area contributed by atoms with Crippen LogP contribution in [0.3, 0.4) is 0 Å². The molecule has 0 saturated heterocycles. The van der Waals surface area contributed by atoms with E-state index in [2.05, 4.69) is 4.74 Å². The highest BCUT2D eigenvalue weighted by Crippen LogP contribution is 2.16. The van der Waals surface area contributed by atoms with E-state index in [9.17, 15) is 14.4 Å². The summed E-state index contributed by atoms with van der Waals surface area (Å²) >= 11 is 0. The van der Waals surface area contributed by atoms with Crippen LogP contribution in [0.2, 0.25) is 0 Å². The van der Waals surface area contributed by atoms with Gasteiger partial charge in [-0.25, -0.2) is 4.79 Å². The topological polar surface area (TPSA) is 69.7 Å². The molecule has 1 unspecified atom stereocenters. The minimum absolute atomic E-state index is 0.494.